The fraction of sp³-hybridized carbons (Fsp3) is 0.273. The van der Waals surface area contributed by atoms with E-state index in [2.05, 4.69) is 11.1 Å². The number of rotatable bonds is 1. The van der Waals surface area contributed by atoms with Crippen molar-refractivity contribution in [3.63, 3.8) is 0 Å². The van der Waals surface area contributed by atoms with Gasteiger partial charge in [-0.1, -0.05) is 6.08 Å². The molecule has 1 aromatic heterocycles. The third-order valence-electron chi connectivity index (χ3n) is 2.32. The Morgan fingerprint density at radius 3 is 3.14 bits per heavy atom. The van der Waals surface area contributed by atoms with Crippen molar-refractivity contribution < 1.29 is 4.74 Å². The summed E-state index contributed by atoms with van der Waals surface area (Å²) in [7, 11) is 1.69. The molecule has 0 aliphatic heterocycles. The fourth-order valence-electron chi connectivity index (χ4n) is 1.53. The van der Waals surface area contributed by atoms with Gasteiger partial charge >= 0.3 is 0 Å². The van der Waals surface area contributed by atoms with Crippen molar-refractivity contribution in [2.24, 2.45) is 0 Å². The van der Waals surface area contributed by atoms with Gasteiger partial charge in [0, 0.05) is 13.3 Å². The zero-order valence-corrected chi connectivity index (χ0v) is 7.90. The first-order valence-electron chi connectivity index (χ1n) is 4.44. The van der Waals surface area contributed by atoms with Crippen LogP contribution in [0.15, 0.2) is 12.3 Å². The highest BCUT2D eigenvalue weighted by Gasteiger charge is 2.05. The molecule has 0 bridgehead atoms. The van der Waals surface area contributed by atoms with Crippen molar-refractivity contribution >= 4 is 12.2 Å². The predicted molar refractivity (Wildman–Crippen MR) is 52.5 cm³/mol. The van der Waals surface area contributed by atoms with E-state index >= 15 is 0 Å². The molecule has 2 rings (SSSR count). The number of fused-ring (bicyclic) bond motifs is 1. The van der Waals surface area contributed by atoms with Crippen LogP contribution in [0.5, 0.6) is 0 Å². The molecular formula is C11H10N2O. The first kappa shape index (κ1) is 8.92. The summed E-state index contributed by atoms with van der Waals surface area (Å²) in [5.41, 5.74) is 0.449. The van der Waals surface area contributed by atoms with Gasteiger partial charge in [0.15, 0.2) is 0 Å². The highest BCUT2D eigenvalue weighted by molar-refractivity contribution is 5.42. The average molecular weight is 186 g/mol. The van der Waals surface area contributed by atoms with Crippen LogP contribution < -0.4 is 10.4 Å². The second-order valence-corrected chi connectivity index (χ2v) is 3.19. The Labute approximate surface area is 82.0 Å². The van der Waals surface area contributed by atoms with E-state index in [0.29, 0.717) is 5.69 Å². The zero-order valence-electron chi connectivity index (χ0n) is 7.90. The third-order valence-corrected chi connectivity index (χ3v) is 2.32. The van der Waals surface area contributed by atoms with Crippen LogP contribution in [0, 0.1) is 11.3 Å². The molecular weight excluding hydrogens is 176 g/mol. The Kier molecular flexibility index (Phi) is 2.30. The maximum atomic E-state index is 8.69. The molecule has 0 amide bonds. The number of aromatic nitrogens is 1. The van der Waals surface area contributed by atoms with E-state index < -0.39 is 0 Å². The van der Waals surface area contributed by atoms with Crippen molar-refractivity contribution in [2.75, 3.05) is 7.11 Å². The quantitative estimate of drug-likeness (QED) is 0.617. The Hall–Kier alpha value is -1.66. The molecule has 1 aliphatic rings. The van der Waals surface area contributed by atoms with Crippen LogP contribution in [0.3, 0.4) is 0 Å². The molecule has 1 aliphatic carbocycles. The van der Waals surface area contributed by atoms with Crippen molar-refractivity contribution in [2.45, 2.75) is 12.5 Å². The van der Waals surface area contributed by atoms with Gasteiger partial charge in [-0.25, -0.2) is 4.98 Å². The van der Waals surface area contributed by atoms with Crippen molar-refractivity contribution in [3.8, 4) is 6.07 Å². The highest BCUT2D eigenvalue weighted by Crippen LogP contribution is 2.01. The number of nitrogens with zero attached hydrogens (tertiary/aromatic N) is 2. The molecule has 70 valence electrons. The van der Waals surface area contributed by atoms with Crippen molar-refractivity contribution in [3.05, 3.63) is 28.4 Å². The van der Waals surface area contributed by atoms with Gasteiger partial charge < -0.3 is 4.74 Å². The molecule has 0 aromatic carbocycles. The lowest BCUT2D eigenvalue weighted by Crippen LogP contribution is -2.32. The summed E-state index contributed by atoms with van der Waals surface area (Å²) in [5.74, 6) is 0. The van der Waals surface area contributed by atoms with Crippen LogP contribution in [0.25, 0.3) is 12.2 Å². The maximum Gasteiger partial charge on any atom is 0.141 e. The minimum absolute atomic E-state index is 0.122. The largest absolute Gasteiger partial charge is 0.377 e. The summed E-state index contributed by atoms with van der Waals surface area (Å²) < 4.78 is 5.23. The minimum Gasteiger partial charge on any atom is -0.377 e. The molecule has 0 fully saturated rings. The lowest BCUT2D eigenvalue weighted by Gasteiger charge is -2.11. The van der Waals surface area contributed by atoms with E-state index in [-0.39, 0.29) is 6.10 Å². The van der Waals surface area contributed by atoms with Crippen LogP contribution in [0.1, 0.15) is 12.1 Å². The average Bonchev–Trinajstić information content (AvgIpc) is 2.27. The fourth-order valence-corrected chi connectivity index (χ4v) is 1.53. The van der Waals surface area contributed by atoms with Gasteiger partial charge in [-0.3, -0.25) is 0 Å². The Balaban J connectivity index is 2.59. The van der Waals surface area contributed by atoms with Crippen LogP contribution in [0.2, 0.25) is 0 Å². The Bertz CT molecular complexity index is 499. The Morgan fingerprint density at radius 1 is 1.57 bits per heavy atom. The molecule has 0 N–H and O–H groups in total. The van der Waals surface area contributed by atoms with Crippen molar-refractivity contribution in [1.82, 2.24) is 4.98 Å². The van der Waals surface area contributed by atoms with E-state index in [1.165, 1.54) is 0 Å². The summed E-state index contributed by atoms with van der Waals surface area (Å²) in [5, 5.41) is 10.8. The predicted octanol–water partition coefficient (Wildman–Crippen LogP) is -0.0670. The second-order valence-electron chi connectivity index (χ2n) is 3.19. The van der Waals surface area contributed by atoms with Crippen molar-refractivity contribution in [1.29, 1.82) is 5.26 Å². The van der Waals surface area contributed by atoms with Gasteiger partial charge in [-0.05, 0) is 29.0 Å². The number of methoxy groups -OCH3 is 1. The maximum absolute atomic E-state index is 8.69. The smallest absolute Gasteiger partial charge is 0.141 e. The first-order valence-corrected chi connectivity index (χ1v) is 4.44. The standard InChI is InChI=1S/C11H10N2O/c1-14-11-3-2-8-7-13-10(6-12)4-9(8)5-11/h2,4-5,7,11H,3H2,1H3. The van der Waals surface area contributed by atoms with E-state index in [9.17, 15) is 0 Å². The summed E-state index contributed by atoms with van der Waals surface area (Å²) >= 11 is 0. The van der Waals surface area contributed by atoms with Gasteiger partial charge in [0.25, 0.3) is 0 Å². The molecule has 0 spiro atoms. The van der Waals surface area contributed by atoms with Crippen LogP contribution >= 0.6 is 0 Å². The molecule has 14 heavy (non-hydrogen) atoms. The number of hydrogen-bond donors (Lipinski definition) is 0. The zero-order chi connectivity index (χ0) is 9.97. The summed E-state index contributed by atoms with van der Waals surface area (Å²) in [6.07, 6.45) is 6.83. The van der Waals surface area contributed by atoms with E-state index in [4.69, 9.17) is 10.00 Å². The van der Waals surface area contributed by atoms with Gasteiger partial charge in [-0.15, -0.1) is 0 Å². The lowest BCUT2D eigenvalue weighted by atomic mass is 10.1. The van der Waals surface area contributed by atoms with Crippen LogP contribution in [0.4, 0.5) is 0 Å². The SMILES string of the molecule is COC1C=c2cc(C#N)ncc2=CC1. The second kappa shape index (κ2) is 3.60. The molecule has 1 atom stereocenters. The highest BCUT2D eigenvalue weighted by atomic mass is 16.5. The summed E-state index contributed by atoms with van der Waals surface area (Å²) in [6.45, 7) is 0. The van der Waals surface area contributed by atoms with Gasteiger partial charge in [0.2, 0.25) is 0 Å². The molecule has 1 heterocycles. The molecule has 0 radical (unpaired) electrons. The van der Waals surface area contributed by atoms with Gasteiger partial charge in [-0.2, -0.15) is 5.26 Å². The van der Waals surface area contributed by atoms with Crippen LogP contribution in [-0.2, 0) is 4.74 Å². The van der Waals surface area contributed by atoms with E-state index in [1.807, 2.05) is 12.1 Å². The number of pyridine rings is 1. The Morgan fingerprint density at radius 2 is 2.43 bits per heavy atom. The molecule has 1 unspecified atom stereocenters. The summed E-state index contributed by atoms with van der Waals surface area (Å²) in [4.78, 5) is 4.01. The third kappa shape index (κ3) is 1.52. The molecule has 3 nitrogen and oxygen atoms in total. The van der Waals surface area contributed by atoms with E-state index in [1.54, 1.807) is 19.4 Å². The molecule has 0 saturated heterocycles. The van der Waals surface area contributed by atoms with E-state index in [0.717, 1.165) is 16.9 Å². The first-order chi connectivity index (χ1) is 6.83. The number of ether oxygens (including phenoxy) is 1. The van der Waals surface area contributed by atoms with Gasteiger partial charge in [0.1, 0.15) is 11.8 Å². The summed E-state index contributed by atoms with van der Waals surface area (Å²) in [6, 6.07) is 3.81. The number of hydrogen-bond acceptors (Lipinski definition) is 3. The van der Waals surface area contributed by atoms with Crippen LogP contribution in [-0.4, -0.2) is 18.2 Å². The molecule has 3 heteroatoms. The van der Waals surface area contributed by atoms with Gasteiger partial charge in [0.05, 0.1) is 6.10 Å². The molecule has 1 aromatic rings. The lowest BCUT2D eigenvalue weighted by molar-refractivity contribution is 0.157. The topological polar surface area (TPSA) is 45.9 Å². The molecule has 0 saturated carbocycles. The normalized spacial score (nSPS) is 18.7. The monoisotopic (exact) mass is 186 g/mol. The minimum atomic E-state index is 0.122. The number of nitriles is 1.